The molecular formula is C12H16O. The number of rotatable bonds is 3. The molecule has 0 fully saturated rings. The molecule has 0 aliphatic heterocycles. The van der Waals surface area contributed by atoms with Crippen LogP contribution in [0.3, 0.4) is 0 Å². The van der Waals surface area contributed by atoms with Crippen molar-refractivity contribution < 1.29 is 4.79 Å². The minimum Gasteiger partial charge on any atom is -0.303 e. The Kier molecular flexibility index (Phi) is 3.69. The molecule has 0 N–H and O–H groups in total. The Morgan fingerprint density at radius 3 is 2.77 bits per heavy atom. The molecule has 1 aliphatic rings. The quantitative estimate of drug-likeness (QED) is 0.604. The van der Waals surface area contributed by atoms with Crippen LogP contribution >= 0.6 is 0 Å². The first kappa shape index (κ1) is 9.97. The Labute approximate surface area is 79.8 Å². The number of aldehydes is 1. The molecule has 1 rings (SSSR count). The van der Waals surface area contributed by atoms with E-state index in [0.29, 0.717) is 5.92 Å². The van der Waals surface area contributed by atoms with Crippen molar-refractivity contribution in [3.05, 3.63) is 36.0 Å². The van der Waals surface area contributed by atoms with Gasteiger partial charge >= 0.3 is 0 Å². The number of allylic oxidation sites excluding steroid dienone is 6. The van der Waals surface area contributed by atoms with Crippen LogP contribution in [0.2, 0.25) is 0 Å². The maximum atomic E-state index is 10.6. The van der Waals surface area contributed by atoms with Gasteiger partial charge in [0.2, 0.25) is 0 Å². The van der Waals surface area contributed by atoms with Gasteiger partial charge in [-0.1, -0.05) is 49.8 Å². The smallest absolute Gasteiger partial charge is 0.123 e. The fraction of sp³-hybridized carbons (Fsp3) is 0.417. The van der Waals surface area contributed by atoms with Crippen molar-refractivity contribution in [2.24, 2.45) is 11.8 Å². The van der Waals surface area contributed by atoms with Crippen molar-refractivity contribution >= 4 is 6.29 Å². The summed E-state index contributed by atoms with van der Waals surface area (Å²) in [4.78, 5) is 10.6. The highest BCUT2D eigenvalue weighted by Crippen LogP contribution is 2.23. The van der Waals surface area contributed by atoms with E-state index in [1.807, 2.05) is 25.2 Å². The van der Waals surface area contributed by atoms with E-state index >= 15 is 0 Å². The zero-order valence-corrected chi connectivity index (χ0v) is 8.23. The van der Waals surface area contributed by atoms with Crippen LogP contribution in [0.15, 0.2) is 36.0 Å². The lowest BCUT2D eigenvalue weighted by atomic mass is 9.88. The van der Waals surface area contributed by atoms with Gasteiger partial charge in [0, 0.05) is 5.92 Å². The van der Waals surface area contributed by atoms with E-state index in [4.69, 9.17) is 0 Å². The van der Waals surface area contributed by atoms with E-state index in [1.54, 1.807) is 0 Å². The van der Waals surface area contributed by atoms with E-state index in [0.717, 1.165) is 12.7 Å². The summed E-state index contributed by atoms with van der Waals surface area (Å²) in [5, 5.41) is 0. The number of carbonyl (C=O) groups is 1. The Balaban J connectivity index is 2.70. The second-order valence-electron chi connectivity index (χ2n) is 3.54. The van der Waals surface area contributed by atoms with Crippen LogP contribution < -0.4 is 0 Å². The molecule has 1 nitrogen and oxygen atoms in total. The maximum Gasteiger partial charge on any atom is 0.123 e. The average molecular weight is 176 g/mol. The summed E-state index contributed by atoms with van der Waals surface area (Å²) in [6.07, 6.45) is 12.3. The van der Waals surface area contributed by atoms with Gasteiger partial charge in [0.15, 0.2) is 0 Å². The summed E-state index contributed by atoms with van der Waals surface area (Å²) in [6.45, 7) is 4.08. The zero-order chi connectivity index (χ0) is 9.68. The third-order valence-electron chi connectivity index (χ3n) is 2.61. The molecule has 1 aliphatic carbocycles. The number of carbonyl (C=O) groups excluding carboxylic acids is 1. The van der Waals surface area contributed by atoms with Gasteiger partial charge in [0.1, 0.15) is 6.29 Å². The van der Waals surface area contributed by atoms with Crippen LogP contribution in [0.25, 0.3) is 0 Å². The molecule has 70 valence electrons. The van der Waals surface area contributed by atoms with Crippen LogP contribution in [0.1, 0.15) is 20.3 Å². The van der Waals surface area contributed by atoms with Crippen molar-refractivity contribution in [3.8, 4) is 0 Å². The van der Waals surface area contributed by atoms with Crippen LogP contribution in [0.5, 0.6) is 0 Å². The molecule has 1 heteroatoms. The predicted octanol–water partition coefficient (Wildman–Crippen LogP) is 2.90. The second-order valence-corrected chi connectivity index (χ2v) is 3.54. The molecular weight excluding hydrogens is 160 g/mol. The van der Waals surface area contributed by atoms with Gasteiger partial charge in [0.25, 0.3) is 0 Å². The van der Waals surface area contributed by atoms with E-state index in [1.165, 1.54) is 5.57 Å². The van der Waals surface area contributed by atoms with Crippen molar-refractivity contribution in [1.29, 1.82) is 0 Å². The Bertz CT molecular complexity index is 258. The first-order valence-electron chi connectivity index (χ1n) is 4.73. The highest BCUT2D eigenvalue weighted by atomic mass is 16.1. The molecule has 0 saturated carbocycles. The van der Waals surface area contributed by atoms with Gasteiger partial charge < -0.3 is 4.79 Å². The normalized spacial score (nSPS) is 20.3. The van der Waals surface area contributed by atoms with E-state index in [-0.39, 0.29) is 5.92 Å². The lowest BCUT2D eigenvalue weighted by Crippen LogP contribution is -2.11. The van der Waals surface area contributed by atoms with Crippen LogP contribution in [0, 0.1) is 11.8 Å². The zero-order valence-electron chi connectivity index (χ0n) is 8.23. The van der Waals surface area contributed by atoms with E-state index in [2.05, 4.69) is 19.1 Å². The monoisotopic (exact) mass is 176 g/mol. The lowest BCUT2D eigenvalue weighted by Gasteiger charge is -2.16. The maximum absolute atomic E-state index is 10.6. The van der Waals surface area contributed by atoms with Crippen molar-refractivity contribution in [1.82, 2.24) is 0 Å². The SMILES string of the molecule is C[C@@H](C=O)[C@@H](C)C1=CC=CC=CC1. The molecule has 0 aromatic carbocycles. The third kappa shape index (κ3) is 2.69. The van der Waals surface area contributed by atoms with Gasteiger partial charge in [-0.3, -0.25) is 0 Å². The molecule has 0 amide bonds. The average Bonchev–Trinajstić information content (AvgIpc) is 2.43. The first-order chi connectivity index (χ1) is 6.25. The van der Waals surface area contributed by atoms with Gasteiger partial charge in [0.05, 0.1) is 0 Å². The van der Waals surface area contributed by atoms with Gasteiger partial charge in [-0.25, -0.2) is 0 Å². The van der Waals surface area contributed by atoms with Crippen LogP contribution in [-0.2, 0) is 4.79 Å². The van der Waals surface area contributed by atoms with Crippen LogP contribution in [-0.4, -0.2) is 6.29 Å². The first-order valence-corrected chi connectivity index (χ1v) is 4.73. The standard InChI is InChI=1S/C12H16O/c1-10(9-13)11(2)12-7-5-3-4-6-8-12/h3-7,9-11H,8H2,1-2H3/t10-,11+/m0/s1. The summed E-state index contributed by atoms with van der Waals surface area (Å²) in [6, 6.07) is 0. The van der Waals surface area contributed by atoms with Crippen molar-refractivity contribution in [2.75, 3.05) is 0 Å². The third-order valence-corrected chi connectivity index (χ3v) is 2.61. The molecule has 0 heterocycles. The van der Waals surface area contributed by atoms with Crippen molar-refractivity contribution in [2.45, 2.75) is 20.3 Å². The molecule has 0 spiro atoms. The van der Waals surface area contributed by atoms with Gasteiger partial charge in [-0.05, 0) is 12.3 Å². The lowest BCUT2D eigenvalue weighted by molar-refractivity contribution is -0.111. The Morgan fingerprint density at radius 2 is 2.08 bits per heavy atom. The Morgan fingerprint density at radius 1 is 1.31 bits per heavy atom. The summed E-state index contributed by atoms with van der Waals surface area (Å²) < 4.78 is 0. The molecule has 0 bridgehead atoms. The molecule has 0 aromatic heterocycles. The van der Waals surface area contributed by atoms with E-state index < -0.39 is 0 Å². The molecule has 2 atom stereocenters. The fourth-order valence-corrected chi connectivity index (χ4v) is 1.39. The second kappa shape index (κ2) is 4.80. The molecule has 0 aromatic rings. The number of hydrogen-bond donors (Lipinski definition) is 0. The van der Waals surface area contributed by atoms with Gasteiger partial charge in [-0.15, -0.1) is 0 Å². The molecule has 0 saturated heterocycles. The highest BCUT2D eigenvalue weighted by Gasteiger charge is 2.14. The molecule has 13 heavy (non-hydrogen) atoms. The van der Waals surface area contributed by atoms with E-state index in [9.17, 15) is 4.79 Å². The minimum atomic E-state index is 0.117. The summed E-state index contributed by atoms with van der Waals surface area (Å²) in [5.74, 6) is 0.469. The van der Waals surface area contributed by atoms with Gasteiger partial charge in [-0.2, -0.15) is 0 Å². The Hall–Kier alpha value is -1.11. The largest absolute Gasteiger partial charge is 0.303 e. The molecule has 0 unspecified atom stereocenters. The van der Waals surface area contributed by atoms with Crippen molar-refractivity contribution in [3.63, 3.8) is 0 Å². The topological polar surface area (TPSA) is 17.1 Å². The fourth-order valence-electron chi connectivity index (χ4n) is 1.39. The highest BCUT2D eigenvalue weighted by molar-refractivity contribution is 5.54. The summed E-state index contributed by atoms with van der Waals surface area (Å²) in [5.41, 5.74) is 1.34. The summed E-state index contributed by atoms with van der Waals surface area (Å²) >= 11 is 0. The predicted molar refractivity (Wildman–Crippen MR) is 55.4 cm³/mol. The molecule has 0 radical (unpaired) electrons. The minimum absolute atomic E-state index is 0.117. The summed E-state index contributed by atoms with van der Waals surface area (Å²) in [7, 11) is 0. The number of hydrogen-bond acceptors (Lipinski definition) is 1. The van der Waals surface area contributed by atoms with Crippen LogP contribution in [0.4, 0.5) is 0 Å².